The molecule has 0 radical (unpaired) electrons. The van der Waals surface area contributed by atoms with Gasteiger partial charge in [0.05, 0.1) is 17.0 Å². The average molecular weight is 398 g/mol. The quantitative estimate of drug-likeness (QED) is 0.674. The summed E-state index contributed by atoms with van der Waals surface area (Å²) in [6.45, 7) is 10.2. The molecule has 0 aromatic carbocycles. The van der Waals surface area contributed by atoms with Gasteiger partial charge in [-0.1, -0.05) is 0 Å². The highest BCUT2D eigenvalue weighted by Gasteiger charge is 2.43. The highest BCUT2D eigenvalue weighted by atomic mass is 32.1. The van der Waals surface area contributed by atoms with Crippen molar-refractivity contribution in [2.45, 2.75) is 27.3 Å². The summed E-state index contributed by atoms with van der Waals surface area (Å²) in [5.74, 6) is 1.99. The molecule has 9 heteroatoms. The van der Waals surface area contributed by atoms with Gasteiger partial charge in [0.1, 0.15) is 11.2 Å². The Bertz CT molecular complexity index is 1040. The maximum Gasteiger partial charge on any atom is 0.265 e. The molecule has 0 N–H and O–H groups in total. The first-order valence-electron chi connectivity index (χ1n) is 9.69. The normalized spacial score (nSPS) is 21.7. The number of aromatic nitrogens is 5. The smallest absolute Gasteiger partial charge is 0.265 e. The molecule has 0 saturated carbocycles. The SMILES string of the molecule is CCn1cnc2c(N3CC4CN(C(=O)c5sc(C)nc5C)CC4C3)ncnc21. The number of hydrogen-bond acceptors (Lipinski definition) is 7. The predicted octanol–water partition coefficient (Wildman–Crippen LogP) is 2.13. The molecular formula is C19H23N7OS. The Balaban J connectivity index is 1.33. The Kier molecular flexibility index (Phi) is 4.08. The first-order chi connectivity index (χ1) is 13.5. The Morgan fingerprint density at radius 3 is 2.54 bits per heavy atom. The van der Waals surface area contributed by atoms with Crippen LogP contribution >= 0.6 is 11.3 Å². The molecule has 146 valence electrons. The summed E-state index contributed by atoms with van der Waals surface area (Å²) in [6.07, 6.45) is 3.46. The number of carbonyl (C=O) groups is 1. The fourth-order valence-corrected chi connectivity index (χ4v) is 5.42. The summed E-state index contributed by atoms with van der Waals surface area (Å²) in [5, 5.41) is 0.950. The molecule has 5 heterocycles. The molecule has 2 atom stereocenters. The molecule has 2 aliphatic rings. The minimum atomic E-state index is 0.134. The zero-order valence-electron chi connectivity index (χ0n) is 16.3. The van der Waals surface area contributed by atoms with E-state index >= 15 is 0 Å². The van der Waals surface area contributed by atoms with Crippen LogP contribution in [0.2, 0.25) is 0 Å². The van der Waals surface area contributed by atoms with Crippen molar-refractivity contribution in [2.24, 2.45) is 11.8 Å². The van der Waals surface area contributed by atoms with Gasteiger partial charge in [0.2, 0.25) is 0 Å². The van der Waals surface area contributed by atoms with Gasteiger partial charge in [0.15, 0.2) is 17.0 Å². The highest BCUT2D eigenvalue weighted by molar-refractivity contribution is 7.13. The van der Waals surface area contributed by atoms with Crippen molar-refractivity contribution in [3.8, 4) is 0 Å². The van der Waals surface area contributed by atoms with E-state index in [-0.39, 0.29) is 5.91 Å². The molecule has 2 aliphatic heterocycles. The van der Waals surface area contributed by atoms with E-state index in [1.54, 1.807) is 6.33 Å². The van der Waals surface area contributed by atoms with E-state index < -0.39 is 0 Å². The fourth-order valence-electron chi connectivity index (χ4n) is 4.54. The molecule has 0 aliphatic carbocycles. The van der Waals surface area contributed by atoms with Gasteiger partial charge in [-0.05, 0) is 20.8 Å². The van der Waals surface area contributed by atoms with Gasteiger partial charge in [-0.15, -0.1) is 11.3 Å². The van der Waals surface area contributed by atoms with Crippen molar-refractivity contribution in [1.82, 2.24) is 29.4 Å². The van der Waals surface area contributed by atoms with Crippen molar-refractivity contribution in [3.63, 3.8) is 0 Å². The van der Waals surface area contributed by atoms with E-state index in [0.717, 1.165) is 65.3 Å². The van der Waals surface area contributed by atoms with Crippen molar-refractivity contribution < 1.29 is 4.79 Å². The van der Waals surface area contributed by atoms with E-state index in [0.29, 0.717) is 11.8 Å². The van der Waals surface area contributed by atoms with Gasteiger partial charge in [-0.25, -0.2) is 19.9 Å². The van der Waals surface area contributed by atoms with Crippen LogP contribution in [0.15, 0.2) is 12.7 Å². The van der Waals surface area contributed by atoms with Crippen LogP contribution in [-0.2, 0) is 6.54 Å². The van der Waals surface area contributed by atoms with Crippen LogP contribution in [-0.4, -0.2) is 61.5 Å². The lowest BCUT2D eigenvalue weighted by molar-refractivity contribution is 0.0786. The lowest BCUT2D eigenvalue weighted by Crippen LogP contribution is -2.33. The number of anilines is 1. The largest absolute Gasteiger partial charge is 0.354 e. The summed E-state index contributed by atoms with van der Waals surface area (Å²) in [7, 11) is 0. The number of imidazole rings is 1. The lowest BCUT2D eigenvalue weighted by Gasteiger charge is -2.22. The highest BCUT2D eigenvalue weighted by Crippen LogP contribution is 2.36. The van der Waals surface area contributed by atoms with Gasteiger partial charge >= 0.3 is 0 Å². The van der Waals surface area contributed by atoms with E-state index in [4.69, 9.17) is 0 Å². The van der Waals surface area contributed by atoms with Gasteiger partial charge < -0.3 is 14.4 Å². The molecule has 0 bridgehead atoms. The summed E-state index contributed by atoms with van der Waals surface area (Å²) in [6, 6.07) is 0. The number of nitrogens with zero attached hydrogens (tertiary/aromatic N) is 7. The minimum absolute atomic E-state index is 0.134. The lowest BCUT2D eigenvalue weighted by atomic mass is 10.0. The molecule has 8 nitrogen and oxygen atoms in total. The van der Waals surface area contributed by atoms with Crippen molar-refractivity contribution in [1.29, 1.82) is 0 Å². The number of rotatable bonds is 3. The van der Waals surface area contributed by atoms with Crippen LogP contribution in [0, 0.1) is 25.7 Å². The molecule has 1 amide bonds. The number of carbonyl (C=O) groups excluding carboxylic acids is 1. The first-order valence-corrected chi connectivity index (χ1v) is 10.5. The molecule has 3 aromatic rings. The van der Waals surface area contributed by atoms with Crippen molar-refractivity contribution in [3.05, 3.63) is 28.2 Å². The Morgan fingerprint density at radius 1 is 1.14 bits per heavy atom. The van der Waals surface area contributed by atoms with Crippen LogP contribution in [0.1, 0.15) is 27.3 Å². The maximum absolute atomic E-state index is 12.9. The zero-order chi connectivity index (χ0) is 19.4. The van der Waals surface area contributed by atoms with E-state index in [9.17, 15) is 4.79 Å². The molecule has 2 unspecified atom stereocenters. The second kappa shape index (κ2) is 6.51. The summed E-state index contributed by atoms with van der Waals surface area (Å²) < 4.78 is 2.04. The summed E-state index contributed by atoms with van der Waals surface area (Å²) >= 11 is 1.50. The standard InChI is InChI=1S/C19H23N7OS/c1-4-24-10-22-15-17(24)20-9-21-18(15)25-5-13-7-26(8-14(13)6-25)19(27)16-11(2)23-12(3)28-16/h9-10,13-14H,4-8H2,1-3H3. The zero-order valence-corrected chi connectivity index (χ0v) is 17.1. The average Bonchev–Trinajstić information content (AvgIpc) is 3.42. The first kappa shape index (κ1) is 17.5. The van der Waals surface area contributed by atoms with Gasteiger partial charge in [0, 0.05) is 44.6 Å². The number of likely N-dealkylation sites (tertiary alicyclic amines) is 1. The summed E-state index contributed by atoms with van der Waals surface area (Å²) in [4.78, 5) is 35.9. The number of fused-ring (bicyclic) bond motifs is 2. The monoisotopic (exact) mass is 397 g/mol. The molecular weight excluding hydrogens is 374 g/mol. The van der Waals surface area contributed by atoms with Crippen molar-refractivity contribution in [2.75, 3.05) is 31.1 Å². The number of aryl methyl sites for hydroxylation is 3. The molecule has 3 aromatic heterocycles. The Morgan fingerprint density at radius 2 is 1.89 bits per heavy atom. The third-order valence-electron chi connectivity index (χ3n) is 5.89. The van der Waals surface area contributed by atoms with E-state index in [2.05, 4.69) is 31.8 Å². The van der Waals surface area contributed by atoms with Gasteiger partial charge in [0.25, 0.3) is 5.91 Å². The molecule has 2 saturated heterocycles. The minimum Gasteiger partial charge on any atom is -0.354 e. The van der Waals surface area contributed by atoms with Gasteiger partial charge in [-0.3, -0.25) is 4.79 Å². The predicted molar refractivity (Wildman–Crippen MR) is 108 cm³/mol. The molecule has 2 fully saturated rings. The number of thiazole rings is 1. The Hall–Kier alpha value is -2.55. The van der Waals surface area contributed by atoms with Gasteiger partial charge in [-0.2, -0.15) is 0 Å². The van der Waals surface area contributed by atoms with Crippen LogP contribution in [0.4, 0.5) is 5.82 Å². The number of hydrogen-bond donors (Lipinski definition) is 0. The second-order valence-electron chi connectivity index (χ2n) is 7.68. The van der Waals surface area contributed by atoms with Crippen LogP contribution < -0.4 is 4.90 Å². The number of amides is 1. The van der Waals surface area contributed by atoms with Crippen molar-refractivity contribution >= 4 is 34.2 Å². The Labute approximate surface area is 167 Å². The van der Waals surface area contributed by atoms with E-state index in [1.165, 1.54) is 11.3 Å². The van der Waals surface area contributed by atoms with Crippen LogP contribution in [0.25, 0.3) is 11.2 Å². The topological polar surface area (TPSA) is 80.0 Å². The van der Waals surface area contributed by atoms with E-state index in [1.807, 2.05) is 29.6 Å². The molecule has 28 heavy (non-hydrogen) atoms. The third-order valence-corrected chi connectivity index (χ3v) is 6.95. The maximum atomic E-state index is 12.9. The second-order valence-corrected chi connectivity index (χ2v) is 8.89. The molecule has 0 spiro atoms. The third kappa shape index (κ3) is 2.68. The van der Waals surface area contributed by atoms with Crippen LogP contribution in [0.5, 0.6) is 0 Å². The van der Waals surface area contributed by atoms with Crippen LogP contribution in [0.3, 0.4) is 0 Å². The fraction of sp³-hybridized carbons (Fsp3) is 0.526. The molecule has 5 rings (SSSR count). The summed E-state index contributed by atoms with van der Waals surface area (Å²) in [5.41, 5.74) is 2.60.